The van der Waals surface area contributed by atoms with Gasteiger partial charge in [0.25, 0.3) is 5.91 Å². The average molecular weight is 309 g/mol. The number of hydrogen-bond acceptors (Lipinski definition) is 2. The molecular formula is C16H21ClN2O2. The Labute approximate surface area is 129 Å². The summed E-state index contributed by atoms with van der Waals surface area (Å²) in [6.07, 6.45) is 0. The molecule has 0 bridgehead atoms. The zero-order valence-electron chi connectivity index (χ0n) is 12.9. The van der Waals surface area contributed by atoms with E-state index in [2.05, 4.69) is 0 Å². The van der Waals surface area contributed by atoms with E-state index in [0.717, 1.165) is 10.9 Å². The lowest BCUT2D eigenvalue weighted by Gasteiger charge is -2.28. The highest BCUT2D eigenvalue weighted by Gasteiger charge is 2.27. The van der Waals surface area contributed by atoms with Crippen molar-refractivity contribution in [1.29, 1.82) is 0 Å². The molecule has 1 amide bonds. The third-order valence-electron chi connectivity index (χ3n) is 3.49. The molecule has 0 fully saturated rings. The Bertz CT molecular complexity index is 632. The number of fused-ring (bicyclic) bond motifs is 1. The van der Waals surface area contributed by atoms with E-state index in [-0.39, 0.29) is 12.5 Å². The van der Waals surface area contributed by atoms with Crippen LogP contribution in [0.25, 0.3) is 10.9 Å². The van der Waals surface area contributed by atoms with Gasteiger partial charge in [-0.3, -0.25) is 4.79 Å². The number of hydrogen-bond donors (Lipinski definition) is 1. The van der Waals surface area contributed by atoms with E-state index in [1.807, 2.05) is 42.8 Å². The number of para-hydroxylation sites is 1. The van der Waals surface area contributed by atoms with Gasteiger partial charge in [0.2, 0.25) is 0 Å². The van der Waals surface area contributed by atoms with Gasteiger partial charge >= 0.3 is 0 Å². The Balaban J connectivity index is 2.48. The van der Waals surface area contributed by atoms with Crippen LogP contribution in [-0.2, 0) is 7.05 Å². The van der Waals surface area contributed by atoms with E-state index in [9.17, 15) is 9.90 Å². The minimum Gasteiger partial charge on any atom is -0.389 e. The molecule has 0 aliphatic carbocycles. The molecule has 0 unspecified atom stereocenters. The first kappa shape index (κ1) is 15.9. The molecule has 5 heteroatoms. The molecule has 0 spiro atoms. The van der Waals surface area contributed by atoms with Gasteiger partial charge in [0.05, 0.1) is 10.6 Å². The summed E-state index contributed by atoms with van der Waals surface area (Å²) in [6, 6.07) is 7.66. The van der Waals surface area contributed by atoms with Crippen LogP contribution in [0.4, 0.5) is 0 Å². The van der Waals surface area contributed by atoms with Gasteiger partial charge in [0, 0.05) is 31.0 Å². The van der Waals surface area contributed by atoms with E-state index in [4.69, 9.17) is 11.6 Å². The van der Waals surface area contributed by atoms with Gasteiger partial charge < -0.3 is 14.6 Å². The Morgan fingerprint density at radius 2 is 2.00 bits per heavy atom. The van der Waals surface area contributed by atoms with E-state index >= 15 is 0 Å². The first-order chi connectivity index (χ1) is 9.76. The fourth-order valence-electron chi connectivity index (χ4n) is 2.53. The molecular weight excluding hydrogens is 288 g/mol. The fraction of sp³-hybridized carbons (Fsp3) is 0.438. The summed E-state index contributed by atoms with van der Waals surface area (Å²) >= 11 is 6.40. The molecule has 4 nitrogen and oxygen atoms in total. The Morgan fingerprint density at radius 1 is 1.38 bits per heavy atom. The molecule has 21 heavy (non-hydrogen) atoms. The summed E-state index contributed by atoms with van der Waals surface area (Å²) in [4.78, 5) is 14.4. The predicted octanol–water partition coefficient (Wildman–Crippen LogP) is 3.06. The van der Waals surface area contributed by atoms with Crippen molar-refractivity contribution >= 4 is 28.4 Å². The summed E-state index contributed by atoms with van der Waals surface area (Å²) in [6.45, 7) is 6.04. The second-order valence-electron chi connectivity index (χ2n) is 5.87. The molecule has 1 aromatic carbocycles. The van der Waals surface area contributed by atoms with Crippen molar-refractivity contribution < 1.29 is 9.90 Å². The van der Waals surface area contributed by atoms with Crippen LogP contribution in [0.5, 0.6) is 0 Å². The van der Waals surface area contributed by atoms with Crippen LogP contribution in [0.2, 0.25) is 5.02 Å². The van der Waals surface area contributed by atoms with Gasteiger partial charge in [-0.05, 0) is 26.8 Å². The van der Waals surface area contributed by atoms with Crippen LogP contribution in [-0.4, -0.2) is 39.2 Å². The highest BCUT2D eigenvalue weighted by molar-refractivity contribution is 6.38. The maximum atomic E-state index is 12.8. The van der Waals surface area contributed by atoms with Crippen molar-refractivity contribution in [3.8, 4) is 0 Å². The molecule has 1 heterocycles. The zero-order chi connectivity index (χ0) is 15.8. The van der Waals surface area contributed by atoms with E-state index in [0.29, 0.717) is 17.3 Å². The lowest BCUT2D eigenvalue weighted by atomic mass is 10.1. The lowest BCUT2D eigenvalue weighted by Crippen LogP contribution is -2.42. The monoisotopic (exact) mass is 308 g/mol. The number of nitrogens with zero attached hydrogens (tertiary/aromatic N) is 2. The summed E-state index contributed by atoms with van der Waals surface area (Å²) < 4.78 is 1.81. The summed E-state index contributed by atoms with van der Waals surface area (Å²) in [5.74, 6) is -0.164. The van der Waals surface area contributed by atoms with Crippen LogP contribution in [0.3, 0.4) is 0 Å². The number of carbonyl (C=O) groups is 1. The molecule has 0 atom stereocenters. The summed E-state index contributed by atoms with van der Waals surface area (Å²) in [7, 11) is 1.83. The van der Waals surface area contributed by atoms with E-state index in [1.165, 1.54) is 0 Å². The van der Waals surface area contributed by atoms with Crippen molar-refractivity contribution in [2.24, 2.45) is 7.05 Å². The Morgan fingerprint density at radius 3 is 2.52 bits per heavy atom. The van der Waals surface area contributed by atoms with E-state index in [1.54, 1.807) is 18.7 Å². The van der Waals surface area contributed by atoms with Crippen molar-refractivity contribution in [1.82, 2.24) is 9.47 Å². The number of benzene rings is 1. The van der Waals surface area contributed by atoms with E-state index < -0.39 is 5.60 Å². The summed E-state index contributed by atoms with van der Waals surface area (Å²) in [5.41, 5.74) is 0.442. The molecule has 0 radical (unpaired) electrons. The normalized spacial score (nSPS) is 11.9. The Hall–Kier alpha value is -1.52. The molecule has 2 rings (SSSR count). The largest absolute Gasteiger partial charge is 0.389 e. The van der Waals surface area contributed by atoms with Crippen LogP contribution in [0.1, 0.15) is 31.3 Å². The Kier molecular flexibility index (Phi) is 4.30. The maximum absolute atomic E-state index is 12.8. The van der Waals surface area contributed by atoms with Gasteiger partial charge in [0.15, 0.2) is 0 Å². The topological polar surface area (TPSA) is 45.5 Å². The molecule has 0 saturated heterocycles. The minimum atomic E-state index is -0.942. The highest BCUT2D eigenvalue weighted by atomic mass is 35.5. The minimum absolute atomic E-state index is 0.164. The van der Waals surface area contributed by atoms with Gasteiger partial charge in [0.1, 0.15) is 5.69 Å². The smallest absolute Gasteiger partial charge is 0.272 e. The molecule has 0 aliphatic rings. The van der Waals surface area contributed by atoms with Crippen molar-refractivity contribution in [3.63, 3.8) is 0 Å². The number of amides is 1. The number of likely N-dealkylation sites (N-methyl/N-ethyl adjacent to an activating group) is 1. The quantitative estimate of drug-likeness (QED) is 0.943. The molecule has 2 aromatic rings. The number of aliphatic hydroxyl groups is 1. The number of halogens is 1. The second-order valence-corrected chi connectivity index (χ2v) is 6.25. The van der Waals surface area contributed by atoms with Crippen molar-refractivity contribution in [2.75, 3.05) is 13.1 Å². The van der Waals surface area contributed by atoms with Crippen LogP contribution in [0.15, 0.2) is 24.3 Å². The number of carbonyl (C=O) groups excluding carboxylic acids is 1. The lowest BCUT2D eigenvalue weighted by molar-refractivity contribution is 0.0310. The predicted molar refractivity (Wildman–Crippen MR) is 85.8 cm³/mol. The molecule has 0 aliphatic heterocycles. The number of aromatic nitrogens is 1. The molecule has 1 aromatic heterocycles. The first-order valence-electron chi connectivity index (χ1n) is 7.01. The average Bonchev–Trinajstić information content (AvgIpc) is 2.67. The fourth-order valence-corrected chi connectivity index (χ4v) is 2.90. The standard InChI is InChI=1S/C16H21ClN2O2/c1-5-19(10-16(2,3)21)15(20)14-13(17)11-8-6-7-9-12(11)18(14)4/h6-9,21H,5,10H2,1-4H3. The van der Waals surface area contributed by atoms with Crippen LogP contribution < -0.4 is 0 Å². The van der Waals surface area contributed by atoms with Crippen LogP contribution in [0, 0.1) is 0 Å². The highest BCUT2D eigenvalue weighted by Crippen LogP contribution is 2.30. The number of aryl methyl sites for hydroxylation is 1. The van der Waals surface area contributed by atoms with Gasteiger partial charge in [-0.15, -0.1) is 0 Å². The van der Waals surface area contributed by atoms with Gasteiger partial charge in [-0.2, -0.15) is 0 Å². The molecule has 114 valence electrons. The third-order valence-corrected chi connectivity index (χ3v) is 3.88. The third kappa shape index (κ3) is 3.06. The number of rotatable bonds is 4. The zero-order valence-corrected chi connectivity index (χ0v) is 13.6. The first-order valence-corrected chi connectivity index (χ1v) is 7.38. The SMILES string of the molecule is CCN(CC(C)(C)O)C(=O)c1c(Cl)c2ccccc2n1C. The maximum Gasteiger partial charge on any atom is 0.272 e. The van der Waals surface area contributed by atoms with Gasteiger partial charge in [-0.1, -0.05) is 29.8 Å². The molecule has 0 saturated carbocycles. The summed E-state index contributed by atoms with van der Waals surface area (Å²) in [5, 5.41) is 11.3. The van der Waals surface area contributed by atoms with Crippen molar-refractivity contribution in [2.45, 2.75) is 26.4 Å². The van der Waals surface area contributed by atoms with Crippen LogP contribution >= 0.6 is 11.6 Å². The van der Waals surface area contributed by atoms with Gasteiger partial charge in [-0.25, -0.2) is 0 Å². The second kappa shape index (κ2) is 5.70. The molecule has 1 N–H and O–H groups in total. The van der Waals surface area contributed by atoms with Crippen molar-refractivity contribution in [3.05, 3.63) is 35.0 Å².